The second kappa shape index (κ2) is 4.88. The Morgan fingerprint density at radius 1 is 1.35 bits per heavy atom. The normalized spacial score (nSPS) is 16.6. The minimum atomic E-state index is -0.0651. The van der Waals surface area contributed by atoms with Gasteiger partial charge in [-0.1, -0.05) is 29.8 Å². The van der Waals surface area contributed by atoms with Crippen LogP contribution in [0.3, 0.4) is 0 Å². The lowest BCUT2D eigenvalue weighted by Gasteiger charge is -2.14. The number of carbonyl (C=O) groups is 1. The smallest absolute Gasteiger partial charge is 0.220 e. The molecule has 17 heavy (non-hydrogen) atoms. The first kappa shape index (κ1) is 12.1. The third kappa shape index (κ3) is 3.30. The van der Waals surface area contributed by atoms with Gasteiger partial charge in [0.15, 0.2) is 0 Å². The van der Waals surface area contributed by atoms with Crippen LogP contribution in [0.25, 0.3) is 0 Å². The van der Waals surface area contributed by atoms with Crippen LogP contribution in [0.4, 0.5) is 0 Å². The molecule has 1 aromatic rings. The number of nitrogens with one attached hydrogen (secondary N) is 1. The van der Waals surface area contributed by atoms with E-state index >= 15 is 0 Å². The van der Waals surface area contributed by atoms with Crippen LogP contribution in [0.15, 0.2) is 24.3 Å². The molecule has 1 aliphatic rings. The first-order valence-corrected chi connectivity index (χ1v) is 6.20. The number of hydrogen-bond acceptors (Lipinski definition) is 2. The van der Waals surface area contributed by atoms with E-state index in [2.05, 4.69) is 36.5 Å². The highest BCUT2D eigenvalue weighted by Crippen LogP contribution is 2.33. The fourth-order valence-electron chi connectivity index (χ4n) is 1.90. The Morgan fingerprint density at radius 3 is 2.53 bits per heavy atom. The summed E-state index contributed by atoms with van der Waals surface area (Å²) in [6, 6.07) is 8.32. The molecule has 0 heterocycles. The van der Waals surface area contributed by atoms with Gasteiger partial charge in [0.1, 0.15) is 0 Å². The average molecular weight is 232 g/mol. The van der Waals surface area contributed by atoms with E-state index in [1.807, 2.05) is 0 Å². The number of hydrogen-bond donors (Lipinski definition) is 2. The van der Waals surface area contributed by atoms with E-state index in [0.717, 1.165) is 19.3 Å². The minimum absolute atomic E-state index is 0.0651. The predicted octanol–water partition coefficient (Wildman–Crippen LogP) is 1.54. The van der Waals surface area contributed by atoms with Crippen LogP contribution in [-0.4, -0.2) is 18.0 Å². The van der Waals surface area contributed by atoms with Crippen molar-refractivity contribution in [2.24, 2.45) is 5.73 Å². The van der Waals surface area contributed by atoms with Gasteiger partial charge in [-0.15, -0.1) is 0 Å². The fourth-order valence-corrected chi connectivity index (χ4v) is 1.90. The Balaban J connectivity index is 1.78. The number of carbonyl (C=O) groups excluding carboxylic acids is 1. The van der Waals surface area contributed by atoms with Gasteiger partial charge in [-0.3, -0.25) is 4.79 Å². The molecule has 3 nitrogen and oxygen atoms in total. The Hall–Kier alpha value is -1.35. The zero-order valence-corrected chi connectivity index (χ0v) is 10.3. The molecule has 0 atom stereocenters. The number of aryl methyl sites for hydroxylation is 2. The molecular formula is C14H20N2O. The van der Waals surface area contributed by atoms with Gasteiger partial charge in [0.05, 0.1) is 5.54 Å². The van der Waals surface area contributed by atoms with Crippen molar-refractivity contribution in [3.63, 3.8) is 0 Å². The number of benzene rings is 1. The van der Waals surface area contributed by atoms with E-state index in [0.29, 0.717) is 13.0 Å². The Kier molecular flexibility index (Phi) is 3.48. The quantitative estimate of drug-likeness (QED) is 0.809. The zero-order chi connectivity index (χ0) is 12.3. The van der Waals surface area contributed by atoms with Crippen molar-refractivity contribution in [1.82, 2.24) is 5.32 Å². The highest BCUT2D eigenvalue weighted by Gasteiger charge is 2.42. The third-order valence-corrected chi connectivity index (χ3v) is 3.41. The van der Waals surface area contributed by atoms with E-state index in [1.54, 1.807) is 0 Å². The highest BCUT2D eigenvalue weighted by atomic mass is 16.1. The van der Waals surface area contributed by atoms with Gasteiger partial charge in [0, 0.05) is 13.0 Å². The molecule has 0 bridgehead atoms. The summed E-state index contributed by atoms with van der Waals surface area (Å²) in [6.07, 6.45) is 3.40. The molecule has 0 spiro atoms. The van der Waals surface area contributed by atoms with Crippen LogP contribution < -0.4 is 11.1 Å². The summed E-state index contributed by atoms with van der Waals surface area (Å²) in [5.41, 5.74) is 8.02. The van der Waals surface area contributed by atoms with Crippen molar-refractivity contribution in [3.05, 3.63) is 35.4 Å². The molecule has 1 aromatic carbocycles. The van der Waals surface area contributed by atoms with Crippen molar-refractivity contribution in [2.45, 2.75) is 38.1 Å². The van der Waals surface area contributed by atoms with Gasteiger partial charge >= 0.3 is 0 Å². The monoisotopic (exact) mass is 232 g/mol. The van der Waals surface area contributed by atoms with Crippen LogP contribution in [0.2, 0.25) is 0 Å². The van der Waals surface area contributed by atoms with E-state index in [4.69, 9.17) is 5.73 Å². The molecule has 3 N–H and O–H groups in total. The molecule has 1 saturated carbocycles. The van der Waals surface area contributed by atoms with Crippen LogP contribution in [0.1, 0.15) is 30.4 Å². The van der Waals surface area contributed by atoms with E-state index in [9.17, 15) is 4.79 Å². The lowest BCUT2D eigenvalue weighted by Crippen LogP contribution is -2.42. The first-order chi connectivity index (χ1) is 8.13. The molecule has 0 saturated heterocycles. The van der Waals surface area contributed by atoms with E-state index in [1.165, 1.54) is 11.1 Å². The summed E-state index contributed by atoms with van der Waals surface area (Å²) in [5, 5.41) is 3.03. The molecule has 1 amide bonds. The molecule has 3 heteroatoms. The van der Waals surface area contributed by atoms with Gasteiger partial charge in [0.25, 0.3) is 0 Å². The van der Waals surface area contributed by atoms with Crippen LogP contribution in [0, 0.1) is 6.92 Å². The molecule has 2 rings (SSSR count). The topological polar surface area (TPSA) is 55.1 Å². The van der Waals surface area contributed by atoms with Crippen molar-refractivity contribution in [2.75, 3.05) is 6.54 Å². The summed E-state index contributed by atoms with van der Waals surface area (Å²) < 4.78 is 0. The Labute approximate surface area is 102 Å². The van der Waals surface area contributed by atoms with Gasteiger partial charge in [-0.25, -0.2) is 0 Å². The van der Waals surface area contributed by atoms with Gasteiger partial charge in [-0.2, -0.15) is 0 Å². The second-order valence-corrected chi connectivity index (χ2v) is 5.02. The van der Waals surface area contributed by atoms with E-state index in [-0.39, 0.29) is 11.4 Å². The summed E-state index contributed by atoms with van der Waals surface area (Å²) in [7, 11) is 0. The Bertz CT molecular complexity index is 393. The summed E-state index contributed by atoms with van der Waals surface area (Å²) >= 11 is 0. The SMILES string of the molecule is Cc1ccc(CCC(=O)NC2(CN)CC2)cc1. The molecule has 0 unspecified atom stereocenters. The largest absolute Gasteiger partial charge is 0.349 e. The maximum absolute atomic E-state index is 11.7. The molecular weight excluding hydrogens is 212 g/mol. The maximum atomic E-state index is 11.7. The van der Waals surface area contributed by atoms with Gasteiger partial charge < -0.3 is 11.1 Å². The standard InChI is InChI=1S/C14H20N2O/c1-11-2-4-12(5-3-11)6-7-13(17)16-14(10-15)8-9-14/h2-5H,6-10,15H2,1H3,(H,16,17). The molecule has 1 fully saturated rings. The van der Waals surface area contributed by atoms with Gasteiger partial charge in [-0.05, 0) is 31.7 Å². The average Bonchev–Trinajstić information content (AvgIpc) is 3.09. The summed E-state index contributed by atoms with van der Waals surface area (Å²) in [5.74, 6) is 0.119. The number of rotatable bonds is 5. The van der Waals surface area contributed by atoms with Crippen LogP contribution in [0.5, 0.6) is 0 Å². The van der Waals surface area contributed by atoms with Crippen LogP contribution in [-0.2, 0) is 11.2 Å². The zero-order valence-electron chi connectivity index (χ0n) is 10.3. The fraction of sp³-hybridized carbons (Fsp3) is 0.500. The van der Waals surface area contributed by atoms with Crippen molar-refractivity contribution < 1.29 is 4.79 Å². The van der Waals surface area contributed by atoms with E-state index < -0.39 is 0 Å². The second-order valence-electron chi connectivity index (χ2n) is 5.02. The molecule has 92 valence electrons. The lowest BCUT2D eigenvalue weighted by atomic mass is 10.1. The number of amides is 1. The third-order valence-electron chi connectivity index (χ3n) is 3.41. The Morgan fingerprint density at radius 2 is 2.00 bits per heavy atom. The van der Waals surface area contributed by atoms with Crippen molar-refractivity contribution >= 4 is 5.91 Å². The van der Waals surface area contributed by atoms with Gasteiger partial charge in [0.2, 0.25) is 5.91 Å². The highest BCUT2D eigenvalue weighted by molar-refractivity contribution is 5.77. The lowest BCUT2D eigenvalue weighted by molar-refractivity contribution is -0.121. The summed E-state index contributed by atoms with van der Waals surface area (Å²) in [4.78, 5) is 11.7. The molecule has 0 radical (unpaired) electrons. The number of nitrogens with two attached hydrogens (primary N) is 1. The molecule has 0 aromatic heterocycles. The maximum Gasteiger partial charge on any atom is 0.220 e. The van der Waals surface area contributed by atoms with Crippen molar-refractivity contribution in [1.29, 1.82) is 0 Å². The molecule has 1 aliphatic carbocycles. The molecule has 0 aliphatic heterocycles. The first-order valence-electron chi connectivity index (χ1n) is 6.20. The predicted molar refractivity (Wildman–Crippen MR) is 68.7 cm³/mol. The van der Waals surface area contributed by atoms with Crippen molar-refractivity contribution in [3.8, 4) is 0 Å². The van der Waals surface area contributed by atoms with Crippen LogP contribution >= 0.6 is 0 Å². The minimum Gasteiger partial charge on any atom is -0.349 e. The summed E-state index contributed by atoms with van der Waals surface area (Å²) in [6.45, 7) is 2.62.